The maximum Gasteiger partial charge on any atom is 0.141 e. The Hall–Kier alpha value is -8.88. The molecule has 0 radical (unpaired) electrons. The highest BCUT2D eigenvalue weighted by atomic mass is 16.5. The topological polar surface area (TPSA) is 162 Å². The maximum atomic E-state index is 5.36. The van der Waals surface area contributed by atoms with Crippen molar-refractivity contribution in [3.8, 4) is 11.4 Å². The van der Waals surface area contributed by atoms with Crippen LogP contribution < -0.4 is 0 Å². The summed E-state index contributed by atoms with van der Waals surface area (Å²) >= 11 is 0. The second-order valence-corrected chi connectivity index (χ2v) is 20.8. The van der Waals surface area contributed by atoms with E-state index in [1.807, 2.05) is 162 Å². The highest BCUT2D eigenvalue weighted by Gasteiger charge is 2.13. The van der Waals surface area contributed by atoms with E-state index in [1.54, 1.807) is 28.4 Å². The normalized spacial score (nSPS) is 11.0. The second-order valence-electron chi connectivity index (χ2n) is 20.8. The Bertz CT molecular complexity index is 4180. The van der Waals surface area contributed by atoms with Gasteiger partial charge in [-0.3, -0.25) is 0 Å². The predicted molar refractivity (Wildman–Crippen MR) is 363 cm³/mol. The van der Waals surface area contributed by atoms with Crippen LogP contribution in [-0.2, 0) is 74.1 Å². The molecule has 0 aliphatic rings. The minimum atomic E-state index is 0.681. The first-order valence-electron chi connectivity index (χ1n) is 30.9. The van der Waals surface area contributed by atoms with Crippen molar-refractivity contribution in [3.63, 3.8) is 0 Å². The van der Waals surface area contributed by atoms with Gasteiger partial charge in [0.05, 0.1) is 118 Å². The first-order chi connectivity index (χ1) is 44.2. The van der Waals surface area contributed by atoms with Gasteiger partial charge in [-0.15, -0.1) is 0 Å². The van der Waals surface area contributed by atoms with Gasteiger partial charge in [0.2, 0.25) is 0 Å². The Morgan fingerprint density at radius 3 is 1.11 bits per heavy atom. The Morgan fingerprint density at radius 1 is 0.322 bits per heavy atom. The molecule has 0 fully saturated rings. The summed E-state index contributed by atoms with van der Waals surface area (Å²) < 4.78 is 44.1. The van der Waals surface area contributed by atoms with Crippen LogP contribution in [0.5, 0.6) is 0 Å². The van der Waals surface area contributed by atoms with Crippen molar-refractivity contribution in [1.29, 1.82) is 0 Å². The van der Waals surface area contributed by atoms with Gasteiger partial charge >= 0.3 is 0 Å². The van der Waals surface area contributed by atoms with Crippen molar-refractivity contribution in [3.05, 3.63) is 206 Å². The number of benzene rings is 7. The Balaban J connectivity index is 0.000000140. The van der Waals surface area contributed by atoms with Crippen LogP contribution in [0.25, 0.3) is 77.6 Å². The molecule has 0 bridgehead atoms. The van der Waals surface area contributed by atoms with Gasteiger partial charge in [-0.2, -0.15) is 0 Å². The molecule has 0 saturated carbocycles. The monoisotopic (exact) mass is 1220 g/mol. The van der Waals surface area contributed by atoms with Crippen molar-refractivity contribution in [2.75, 3.05) is 81.3 Å². The van der Waals surface area contributed by atoms with E-state index < -0.39 is 0 Å². The van der Waals surface area contributed by atoms with E-state index in [0.717, 1.165) is 159 Å². The fraction of sp³-hybridized carbons (Fsp3) is 0.333. The van der Waals surface area contributed by atoms with E-state index in [1.165, 1.54) is 27.6 Å². The number of aryl methyl sites for hydroxylation is 3. The fourth-order valence-electron chi connectivity index (χ4n) is 10.4. The summed E-state index contributed by atoms with van der Waals surface area (Å²) in [5, 5.41) is 0. The highest BCUT2D eigenvalue weighted by molar-refractivity contribution is 5.81. The molecule has 13 aromatic rings. The summed E-state index contributed by atoms with van der Waals surface area (Å²) in [6.07, 6.45) is 4.67. The average molecular weight is 1220 g/mol. The van der Waals surface area contributed by atoms with Gasteiger partial charge in [-0.25, -0.2) is 29.9 Å². The molecule has 6 heterocycles. The summed E-state index contributed by atoms with van der Waals surface area (Å²) in [6.45, 7) is 21.2. The summed E-state index contributed by atoms with van der Waals surface area (Å²) in [5.41, 5.74) is 14.5. The van der Waals surface area contributed by atoms with Crippen LogP contribution in [0.2, 0.25) is 0 Å². The summed E-state index contributed by atoms with van der Waals surface area (Å²) in [6, 6.07) is 59.3. The molecule has 7 aromatic carbocycles. The smallest absolute Gasteiger partial charge is 0.141 e. The number of aromatic nitrogens is 12. The molecule has 0 unspecified atom stereocenters. The lowest BCUT2D eigenvalue weighted by Crippen LogP contribution is -2.07. The number of hydrogen-bond donors (Lipinski definition) is 0. The molecule has 0 saturated heterocycles. The third kappa shape index (κ3) is 18.1. The van der Waals surface area contributed by atoms with Gasteiger partial charge in [-0.05, 0) is 100 Å². The van der Waals surface area contributed by atoms with Crippen LogP contribution >= 0.6 is 0 Å². The van der Waals surface area contributed by atoms with E-state index in [-0.39, 0.29) is 0 Å². The molecule has 0 aliphatic heterocycles. The summed E-state index contributed by atoms with van der Waals surface area (Å²) in [7, 11) is 6.87. The highest BCUT2D eigenvalue weighted by Crippen LogP contribution is 2.25. The van der Waals surface area contributed by atoms with Crippen molar-refractivity contribution < 1.29 is 28.4 Å². The number of para-hydroxylation sites is 12. The van der Waals surface area contributed by atoms with Gasteiger partial charge in [0, 0.05) is 92.9 Å². The van der Waals surface area contributed by atoms with Crippen LogP contribution in [0.3, 0.4) is 0 Å². The molecule has 472 valence electrons. The third-order valence-corrected chi connectivity index (χ3v) is 14.9. The molecule has 18 heteroatoms. The van der Waals surface area contributed by atoms with Crippen LogP contribution in [-0.4, -0.2) is 139 Å². The number of ether oxygens (including phenoxy) is 6. The molecule has 0 amide bonds. The maximum absolute atomic E-state index is 5.36. The lowest BCUT2D eigenvalue weighted by atomic mass is 10.2. The average Bonchev–Trinajstić information content (AvgIpc) is 2.47. The Morgan fingerprint density at radius 2 is 0.656 bits per heavy atom. The zero-order valence-electron chi connectivity index (χ0n) is 53.8. The SMILES string of the molecule is CCOCCn1c(C)nc2ccccc21.CCOCCn1cnc2ccccc21.CCc1nc2ccccc2n1CCOC.COCCn1c(-c2ccccc2)nc2ccccc21.COCCn1c(C)nc2ccccc21.COCCn1cnc2ccccc21. The van der Waals surface area contributed by atoms with E-state index in [2.05, 4.69) is 114 Å². The fourth-order valence-corrected chi connectivity index (χ4v) is 10.4. The number of rotatable bonds is 22. The van der Waals surface area contributed by atoms with Crippen LogP contribution in [0.1, 0.15) is 38.2 Å². The van der Waals surface area contributed by atoms with Gasteiger partial charge in [0.15, 0.2) is 0 Å². The van der Waals surface area contributed by atoms with E-state index in [9.17, 15) is 0 Å². The third-order valence-electron chi connectivity index (χ3n) is 14.9. The van der Waals surface area contributed by atoms with Gasteiger partial charge in [0.1, 0.15) is 23.3 Å². The van der Waals surface area contributed by atoms with Crippen LogP contribution in [0.15, 0.2) is 189 Å². The van der Waals surface area contributed by atoms with E-state index in [0.29, 0.717) is 6.61 Å². The minimum absolute atomic E-state index is 0.681. The lowest BCUT2D eigenvalue weighted by molar-refractivity contribution is 0.139. The zero-order valence-corrected chi connectivity index (χ0v) is 53.8. The lowest BCUT2D eigenvalue weighted by Gasteiger charge is -2.08. The van der Waals surface area contributed by atoms with Crippen molar-refractivity contribution in [2.24, 2.45) is 0 Å². The molecule has 6 aromatic heterocycles. The number of imidazole rings is 6. The first kappa shape index (κ1) is 67.1. The molecular formula is C72H88N12O6. The van der Waals surface area contributed by atoms with Gasteiger partial charge in [0.25, 0.3) is 0 Å². The van der Waals surface area contributed by atoms with Crippen molar-refractivity contribution >= 4 is 66.2 Å². The van der Waals surface area contributed by atoms with Crippen molar-refractivity contribution in [2.45, 2.75) is 80.3 Å². The van der Waals surface area contributed by atoms with E-state index in [4.69, 9.17) is 33.4 Å². The second kappa shape index (κ2) is 35.9. The standard InChI is InChI=1S/C16H16N2O.2C12H16N2O.2C11H14N2O.C10H12N2O/c1-19-12-11-18-15-10-6-5-9-14(15)17-16(18)13-7-3-2-4-8-13;1-3-12-13-10-6-4-5-7-11(10)14(12)8-9-15-2;1-3-15-9-8-14-10(2)13-11-6-4-5-7-12(11)14;1-9-12-10-5-3-4-6-11(10)13(9)7-8-14-2;1-2-14-8-7-13-9-12-10-5-3-4-6-11(10)13;1-13-7-6-12-8-11-9-4-2-3-5-10(9)12/h2-10H,11-12H2,1H3;2*4-7H,3,8-9H2,1-2H3;3-6H,7-8H2,1-2H3;3-6,9H,2,7-8H2,1H3;2-5,8H,6-7H2,1H3. The minimum Gasteiger partial charge on any atom is -0.383 e. The molecule has 13 rings (SSSR count). The Kier molecular flexibility index (Phi) is 26.8. The molecule has 0 atom stereocenters. The first-order valence-corrected chi connectivity index (χ1v) is 30.9. The quantitative estimate of drug-likeness (QED) is 0.0591. The molecule has 90 heavy (non-hydrogen) atoms. The summed E-state index contributed by atoms with van der Waals surface area (Å²) in [4.78, 5) is 26.9. The number of nitrogens with zero attached hydrogens (tertiary/aromatic N) is 12. The largest absolute Gasteiger partial charge is 0.383 e. The van der Waals surface area contributed by atoms with Gasteiger partial charge < -0.3 is 55.8 Å². The zero-order chi connectivity index (χ0) is 63.3. The molecule has 0 aliphatic carbocycles. The Labute approximate surface area is 528 Å². The molecule has 0 N–H and O–H groups in total. The van der Waals surface area contributed by atoms with Crippen LogP contribution in [0.4, 0.5) is 0 Å². The number of fused-ring (bicyclic) bond motifs is 6. The number of hydrogen-bond acceptors (Lipinski definition) is 12. The van der Waals surface area contributed by atoms with Gasteiger partial charge in [-0.1, -0.05) is 110 Å². The number of methoxy groups -OCH3 is 4. The molecule has 0 spiro atoms. The predicted octanol–water partition coefficient (Wildman–Crippen LogP) is 13.7. The van der Waals surface area contributed by atoms with E-state index >= 15 is 0 Å². The summed E-state index contributed by atoms with van der Waals surface area (Å²) in [5.74, 6) is 4.23. The van der Waals surface area contributed by atoms with Crippen molar-refractivity contribution in [1.82, 2.24) is 57.3 Å². The van der Waals surface area contributed by atoms with Crippen LogP contribution in [0, 0.1) is 13.8 Å². The molecule has 18 nitrogen and oxygen atoms in total. The molecular weight excluding hydrogens is 1130 g/mol.